The highest BCUT2D eigenvalue weighted by Gasteiger charge is 2.43. The number of rotatable bonds is 20. The van der Waals surface area contributed by atoms with E-state index >= 15 is 0 Å². The van der Waals surface area contributed by atoms with Crippen LogP contribution in [0.4, 0.5) is 34.1 Å². The molecule has 0 amide bonds. The highest BCUT2D eigenvalue weighted by Crippen LogP contribution is 2.57. The number of hydrogen-bond acceptors (Lipinski definition) is 2. The quantitative estimate of drug-likeness (QED) is 0.0707. The van der Waals surface area contributed by atoms with Crippen LogP contribution in [0.15, 0.2) is 146 Å². The molecule has 2 heteroatoms. The van der Waals surface area contributed by atoms with E-state index in [4.69, 9.17) is 0 Å². The Kier molecular flexibility index (Phi) is 15.0. The average molecular weight is 837 g/mol. The topological polar surface area (TPSA) is 6.48 Å². The Morgan fingerprint density at radius 2 is 0.667 bits per heavy atom. The van der Waals surface area contributed by atoms with Gasteiger partial charge in [0.15, 0.2) is 0 Å². The second-order valence-electron chi connectivity index (χ2n) is 20.5. The molecule has 0 unspecified atom stereocenters. The van der Waals surface area contributed by atoms with Crippen LogP contribution in [0.1, 0.15) is 168 Å². The molecule has 1 aliphatic rings. The van der Waals surface area contributed by atoms with Gasteiger partial charge in [0.2, 0.25) is 0 Å². The Labute approximate surface area is 382 Å². The van der Waals surface area contributed by atoms with Gasteiger partial charge in [0, 0.05) is 39.5 Å². The molecule has 0 fully saturated rings. The van der Waals surface area contributed by atoms with Crippen LogP contribution in [-0.2, 0) is 16.2 Å². The first kappa shape index (κ1) is 45.9. The third kappa shape index (κ3) is 10.7. The van der Waals surface area contributed by atoms with Crippen LogP contribution in [0.3, 0.4) is 0 Å². The van der Waals surface area contributed by atoms with Crippen molar-refractivity contribution in [2.75, 3.05) is 9.80 Å². The molecule has 0 N–H and O–H groups in total. The molecule has 2 nitrogen and oxygen atoms in total. The fraction of sp³-hybridized carbons (Fsp3) is 0.410. The third-order valence-corrected chi connectivity index (χ3v) is 13.8. The number of fused-ring (bicyclic) bond motifs is 3. The third-order valence-electron chi connectivity index (χ3n) is 13.8. The number of benzene rings is 6. The van der Waals surface area contributed by atoms with E-state index < -0.39 is 0 Å². The molecule has 63 heavy (non-hydrogen) atoms. The molecule has 0 radical (unpaired) electrons. The van der Waals surface area contributed by atoms with Crippen LogP contribution in [0.5, 0.6) is 0 Å². The summed E-state index contributed by atoms with van der Waals surface area (Å²) in [5.74, 6) is 0. The molecule has 1 aliphatic carbocycles. The van der Waals surface area contributed by atoms with Crippen LogP contribution in [0.2, 0.25) is 0 Å². The van der Waals surface area contributed by atoms with E-state index in [0.717, 1.165) is 12.8 Å². The molecule has 0 aliphatic heterocycles. The van der Waals surface area contributed by atoms with Crippen LogP contribution in [0.25, 0.3) is 11.1 Å². The fourth-order valence-corrected chi connectivity index (χ4v) is 10.1. The SMILES string of the molecule is CCCCCCCCC1(CCCCCCCC)c2cc(N(c3ccccc3)c3ccc(C(C)(C)C)cc3)ccc2-c2ccc(N(c3ccccc3)c3ccc(C(C)(C)C)cc3)cc21. The lowest BCUT2D eigenvalue weighted by Gasteiger charge is -2.35. The summed E-state index contributed by atoms with van der Waals surface area (Å²) in [5.41, 5.74) is 15.9. The van der Waals surface area contributed by atoms with Crippen molar-refractivity contribution in [3.63, 3.8) is 0 Å². The van der Waals surface area contributed by atoms with E-state index in [-0.39, 0.29) is 16.2 Å². The number of anilines is 6. The molecule has 330 valence electrons. The van der Waals surface area contributed by atoms with E-state index in [1.54, 1.807) is 0 Å². The zero-order chi connectivity index (χ0) is 44.5. The van der Waals surface area contributed by atoms with E-state index in [0.29, 0.717) is 0 Å². The number of hydrogen-bond donors (Lipinski definition) is 0. The number of unbranched alkanes of at least 4 members (excludes halogenated alkanes) is 10. The van der Waals surface area contributed by atoms with E-state index in [1.807, 2.05) is 0 Å². The maximum atomic E-state index is 2.61. The fourth-order valence-electron chi connectivity index (χ4n) is 10.1. The Morgan fingerprint density at radius 3 is 1.02 bits per heavy atom. The standard InChI is InChI=1S/C61H76N2/c1-9-11-13-15-17-25-43-61(44-26-18-16-14-12-10-2)57-45-53(62(49-27-21-19-22-28-49)51-35-31-47(32-36-51)59(3,4)5)39-41-55(57)56-42-40-54(46-58(56)61)63(50-29-23-20-24-30-50)52-37-33-48(34-38-52)60(6,7)8/h19-24,27-42,45-46H,9-18,25-26,43-44H2,1-8H3. The van der Waals surface area contributed by atoms with E-state index in [9.17, 15) is 0 Å². The predicted octanol–water partition coefficient (Wildman–Crippen LogP) is 19.0. The molecule has 7 rings (SSSR count). The lowest BCUT2D eigenvalue weighted by Crippen LogP contribution is -2.26. The van der Waals surface area contributed by atoms with Crippen LogP contribution < -0.4 is 9.80 Å². The largest absolute Gasteiger partial charge is 0.310 e. The van der Waals surface area contributed by atoms with Gasteiger partial charge in [0.05, 0.1) is 0 Å². The van der Waals surface area contributed by atoms with Gasteiger partial charge >= 0.3 is 0 Å². The van der Waals surface area contributed by atoms with Gasteiger partial charge in [-0.25, -0.2) is 0 Å². The van der Waals surface area contributed by atoms with Crippen molar-refractivity contribution in [3.8, 4) is 11.1 Å². The highest BCUT2D eigenvalue weighted by molar-refractivity contribution is 5.88. The van der Waals surface area contributed by atoms with Crippen molar-refractivity contribution in [3.05, 3.63) is 168 Å². The summed E-state index contributed by atoms with van der Waals surface area (Å²) < 4.78 is 0. The second-order valence-corrected chi connectivity index (χ2v) is 20.5. The Bertz CT molecular complexity index is 2160. The Hall–Kier alpha value is -5.08. The average Bonchev–Trinajstić information content (AvgIpc) is 3.54. The molecule has 0 heterocycles. The van der Waals surface area contributed by atoms with Gasteiger partial charge < -0.3 is 9.80 Å². The molecular formula is C61H76N2. The van der Waals surface area contributed by atoms with Gasteiger partial charge in [0.25, 0.3) is 0 Å². The van der Waals surface area contributed by atoms with Gasteiger partial charge in [-0.2, -0.15) is 0 Å². The van der Waals surface area contributed by atoms with Crippen molar-refractivity contribution in [1.29, 1.82) is 0 Å². The summed E-state index contributed by atoms with van der Waals surface area (Å²) in [4.78, 5) is 4.97. The number of nitrogens with zero attached hydrogens (tertiary/aromatic N) is 2. The maximum absolute atomic E-state index is 2.61. The molecule has 6 aromatic rings. The highest BCUT2D eigenvalue weighted by atomic mass is 15.1. The minimum atomic E-state index is -0.0941. The maximum Gasteiger partial charge on any atom is 0.0465 e. The summed E-state index contributed by atoms with van der Waals surface area (Å²) in [7, 11) is 0. The van der Waals surface area contributed by atoms with Crippen molar-refractivity contribution in [2.45, 2.75) is 162 Å². The van der Waals surface area contributed by atoms with Crippen LogP contribution in [0, 0.1) is 0 Å². The van der Waals surface area contributed by atoms with Crippen molar-refractivity contribution >= 4 is 34.1 Å². The van der Waals surface area contributed by atoms with Gasteiger partial charge in [-0.3, -0.25) is 0 Å². The Morgan fingerprint density at radius 1 is 0.349 bits per heavy atom. The molecule has 0 bridgehead atoms. The first-order valence-corrected chi connectivity index (χ1v) is 24.7. The summed E-state index contributed by atoms with van der Waals surface area (Å²) in [5, 5.41) is 0. The molecule has 0 atom stereocenters. The summed E-state index contributed by atoms with van der Waals surface area (Å²) in [6.07, 6.45) is 17.9. The first-order chi connectivity index (χ1) is 30.4. The molecule has 0 saturated carbocycles. The van der Waals surface area contributed by atoms with Gasteiger partial charge in [0.1, 0.15) is 0 Å². The van der Waals surface area contributed by atoms with Crippen molar-refractivity contribution in [2.24, 2.45) is 0 Å². The smallest absolute Gasteiger partial charge is 0.0465 e. The molecule has 0 aromatic heterocycles. The summed E-state index contributed by atoms with van der Waals surface area (Å²) in [6, 6.07) is 55.5. The van der Waals surface area contributed by atoms with E-state index in [1.165, 1.54) is 145 Å². The van der Waals surface area contributed by atoms with E-state index in [2.05, 4.69) is 211 Å². The molecular weight excluding hydrogens is 761 g/mol. The van der Waals surface area contributed by atoms with Gasteiger partial charge in [-0.15, -0.1) is 0 Å². The predicted molar refractivity (Wildman–Crippen MR) is 275 cm³/mol. The minimum absolute atomic E-state index is 0.0902. The molecule has 0 saturated heterocycles. The summed E-state index contributed by atoms with van der Waals surface area (Å²) >= 11 is 0. The minimum Gasteiger partial charge on any atom is -0.310 e. The zero-order valence-electron chi connectivity index (χ0n) is 40.2. The molecule has 6 aromatic carbocycles. The van der Waals surface area contributed by atoms with Crippen molar-refractivity contribution in [1.82, 2.24) is 0 Å². The van der Waals surface area contributed by atoms with Crippen LogP contribution in [-0.4, -0.2) is 0 Å². The lowest BCUT2D eigenvalue weighted by molar-refractivity contribution is 0.398. The first-order valence-electron chi connectivity index (χ1n) is 24.7. The molecule has 0 spiro atoms. The van der Waals surface area contributed by atoms with Crippen LogP contribution >= 0.6 is 0 Å². The van der Waals surface area contributed by atoms with Crippen molar-refractivity contribution < 1.29 is 0 Å². The lowest BCUT2D eigenvalue weighted by atomic mass is 9.70. The normalized spacial score (nSPS) is 13.1. The number of para-hydroxylation sites is 2. The second kappa shape index (κ2) is 20.6. The van der Waals surface area contributed by atoms with Gasteiger partial charge in [-0.05, 0) is 130 Å². The summed E-state index contributed by atoms with van der Waals surface area (Å²) in [6.45, 7) is 18.5. The Balaban J connectivity index is 1.39. The zero-order valence-corrected chi connectivity index (χ0v) is 40.2. The van der Waals surface area contributed by atoms with Gasteiger partial charge in [-0.1, -0.05) is 205 Å². The monoisotopic (exact) mass is 837 g/mol.